The molecule has 4 rings (SSSR count). The summed E-state index contributed by atoms with van der Waals surface area (Å²) >= 11 is 0. The maximum atomic E-state index is 13.0. The topological polar surface area (TPSA) is 79.8 Å². The first-order chi connectivity index (χ1) is 13.6. The Morgan fingerprint density at radius 2 is 1.86 bits per heavy atom. The van der Waals surface area contributed by atoms with Gasteiger partial charge in [-0.15, -0.1) is 0 Å². The van der Waals surface area contributed by atoms with Crippen molar-refractivity contribution in [3.8, 4) is 0 Å². The van der Waals surface area contributed by atoms with Crippen LogP contribution < -0.4 is 10.9 Å². The van der Waals surface area contributed by atoms with Crippen molar-refractivity contribution < 1.29 is 4.79 Å². The molecule has 0 fully saturated rings. The van der Waals surface area contributed by atoms with E-state index >= 15 is 0 Å². The van der Waals surface area contributed by atoms with Crippen LogP contribution in [0, 0.1) is 6.92 Å². The fraction of sp³-hybridized carbons (Fsp3) is 0.227. The Hall–Kier alpha value is -3.41. The molecular formula is C22H22N4O2. The van der Waals surface area contributed by atoms with Crippen LogP contribution in [0.5, 0.6) is 0 Å². The molecule has 142 valence electrons. The van der Waals surface area contributed by atoms with Gasteiger partial charge in [0.1, 0.15) is 5.52 Å². The fourth-order valence-electron chi connectivity index (χ4n) is 3.56. The lowest BCUT2D eigenvalue weighted by molar-refractivity contribution is -0.121. The summed E-state index contributed by atoms with van der Waals surface area (Å²) in [7, 11) is 0. The summed E-state index contributed by atoms with van der Waals surface area (Å²) in [6.07, 6.45) is 1.13. The number of hydrogen-bond donors (Lipinski definition) is 2. The van der Waals surface area contributed by atoms with Gasteiger partial charge in [-0.05, 0) is 25.0 Å². The van der Waals surface area contributed by atoms with E-state index in [4.69, 9.17) is 0 Å². The molecule has 0 aliphatic heterocycles. The number of para-hydroxylation sites is 1. The smallest absolute Gasteiger partial charge is 0.262 e. The molecule has 2 aromatic carbocycles. The van der Waals surface area contributed by atoms with Gasteiger partial charge in [0.2, 0.25) is 5.91 Å². The third-order valence-electron chi connectivity index (χ3n) is 5.00. The van der Waals surface area contributed by atoms with Crippen LogP contribution in [0.25, 0.3) is 21.8 Å². The molecule has 0 unspecified atom stereocenters. The number of aromatic amines is 1. The summed E-state index contributed by atoms with van der Waals surface area (Å²) in [4.78, 5) is 25.2. The maximum Gasteiger partial charge on any atom is 0.262 e. The molecule has 0 saturated heterocycles. The summed E-state index contributed by atoms with van der Waals surface area (Å²) < 4.78 is 1.72. The number of nitrogens with zero attached hydrogens (tertiary/aromatic N) is 2. The second-order valence-corrected chi connectivity index (χ2v) is 6.88. The average Bonchev–Trinajstić information content (AvgIpc) is 3.12. The van der Waals surface area contributed by atoms with Crippen molar-refractivity contribution in [3.05, 3.63) is 76.2 Å². The average molecular weight is 374 g/mol. The van der Waals surface area contributed by atoms with E-state index in [0.717, 1.165) is 22.2 Å². The van der Waals surface area contributed by atoms with E-state index < -0.39 is 0 Å². The molecular weight excluding hydrogens is 352 g/mol. The number of aromatic nitrogens is 3. The molecule has 6 heteroatoms. The number of nitrogens with one attached hydrogen (secondary N) is 2. The maximum absolute atomic E-state index is 13.0. The summed E-state index contributed by atoms with van der Waals surface area (Å²) in [5, 5.41) is 11.7. The molecule has 6 nitrogen and oxygen atoms in total. The summed E-state index contributed by atoms with van der Waals surface area (Å²) in [5.41, 5.74) is 3.33. The molecule has 2 heterocycles. The minimum Gasteiger partial charge on any atom is -0.354 e. The standard InChI is InChI=1S/C22H22N4O2/c1-15-20-21(25-24-15)17-9-5-6-10-18(17)26(22(20)28)14-13-23-19(27)12-11-16-7-3-2-4-8-16/h2-10H,11-14H2,1H3,(H,23,27)(H,24,25). The molecule has 1 amide bonds. The predicted octanol–water partition coefficient (Wildman–Crippen LogP) is 2.94. The van der Waals surface area contributed by atoms with Gasteiger partial charge >= 0.3 is 0 Å². The monoisotopic (exact) mass is 374 g/mol. The predicted molar refractivity (Wildman–Crippen MR) is 110 cm³/mol. The lowest BCUT2D eigenvalue weighted by Gasteiger charge is -2.12. The van der Waals surface area contributed by atoms with Gasteiger partial charge < -0.3 is 9.88 Å². The zero-order valence-corrected chi connectivity index (χ0v) is 15.7. The van der Waals surface area contributed by atoms with E-state index in [2.05, 4.69) is 15.5 Å². The van der Waals surface area contributed by atoms with Gasteiger partial charge in [0.25, 0.3) is 5.56 Å². The minimum atomic E-state index is -0.0847. The summed E-state index contributed by atoms with van der Waals surface area (Å²) in [5.74, 6) is -0.0122. The molecule has 28 heavy (non-hydrogen) atoms. The van der Waals surface area contributed by atoms with E-state index in [9.17, 15) is 9.59 Å². The van der Waals surface area contributed by atoms with Gasteiger partial charge in [-0.1, -0.05) is 48.5 Å². The highest BCUT2D eigenvalue weighted by molar-refractivity contribution is 6.03. The number of hydrogen-bond acceptors (Lipinski definition) is 3. The molecule has 0 radical (unpaired) electrons. The lowest BCUT2D eigenvalue weighted by atomic mass is 10.1. The minimum absolute atomic E-state index is 0.0122. The quantitative estimate of drug-likeness (QED) is 0.545. The highest BCUT2D eigenvalue weighted by Gasteiger charge is 2.14. The first-order valence-electron chi connectivity index (χ1n) is 9.42. The largest absolute Gasteiger partial charge is 0.354 e. The zero-order valence-electron chi connectivity index (χ0n) is 15.7. The number of carbonyl (C=O) groups is 1. The molecule has 2 N–H and O–H groups in total. The zero-order chi connectivity index (χ0) is 19.5. The fourth-order valence-corrected chi connectivity index (χ4v) is 3.56. The third kappa shape index (κ3) is 3.41. The molecule has 0 aliphatic rings. The van der Waals surface area contributed by atoms with Crippen LogP contribution in [0.2, 0.25) is 0 Å². The first kappa shape index (κ1) is 18.0. The number of H-pyrrole nitrogens is 1. The SMILES string of the molecule is Cc1[nH]nc2c1c(=O)n(CCNC(=O)CCc1ccccc1)c1ccccc21. The Bertz CT molecular complexity index is 1190. The van der Waals surface area contributed by atoms with Crippen molar-refractivity contribution in [3.63, 3.8) is 0 Å². The Kier molecular flexibility index (Phi) is 4.93. The first-order valence-corrected chi connectivity index (χ1v) is 9.42. The van der Waals surface area contributed by atoms with E-state index in [1.54, 1.807) is 4.57 Å². The Morgan fingerprint density at radius 1 is 1.11 bits per heavy atom. The van der Waals surface area contributed by atoms with Crippen LogP contribution in [0.1, 0.15) is 17.7 Å². The van der Waals surface area contributed by atoms with Crippen LogP contribution in [0.3, 0.4) is 0 Å². The van der Waals surface area contributed by atoms with Gasteiger partial charge in [0, 0.05) is 30.6 Å². The molecule has 0 saturated carbocycles. The summed E-state index contributed by atoms with van der Waals surface area (Å²) in [6, 6.07) is 17.7. The van der Waals surface area contributed by atoms with Crippen molar-refractivity contribution in [1.82, 2.24) is 20.1 Å². The Labute approximate surface area is 162 Å². The van der Waals surface area contributed by atoms with Crippen molar-refractivity contribution >= 4 is 27.7 Å². The number of pyridine rings is 1. The van der Waals surface area contributed by atoms with Crippen LogP contribution in [0.15, 0.2) is 59.4 Å². The van der Waals surface area contributed by atoms with Crippen molar-refractivity contribution in [2.24, 2.45) is 0 Å². The van der Waals surface area contributed by atoms with Crippen LogP contribution >= 0.6 is 0 Å². The van der Waals surface area contributed by atoms with Gasteiger partial charge in [0.05, 0.1) is 10.9 Å². The number of benzene rings is 2. The second-order valence-electron chi connectivity index (χ2n) is 6.88. The Morgan fingerprint density at radius 3 is 2.68 bits per heavy atom. The van der Waals surface area contributed by atoms with E-state index in [0.29, 0.717) is 36.8 Å². The molecule has 4 aromatic rings. The van der Waals surface area contributed by atoms with Crippen LogP contribution in [0.4, 0.5) is 0 Å². The normalized spacial score (nSPS) is 11.2. The molecule has 0 atom stereocenters. The number of aryl methyl sites for hydroxylation is 2. The second kappa shape index (κ2) is 7.68. The number of fused-ring (bicyclic) bond motifs is 3. The molecule has 0 spiro atoms. The number of amides is 1. The molecule has 2 aromatic heterocycles. The van der Waals surface area contributed by atoms with Crippen molar-refractivity contribution in [2.75, 3.05) is 6.54 Å². The summed E-state index contributed by atoms with van der Waals surface area (Å²) in [6.45, 7) is 2.66. The van der Waals surface area contributed by atoms with E-state index in [1.165, 1.54) is 0 Å². The van der Waals surface area contributed by atoms with Gasteiger partial charge in [-0.2, -0.15) is 5.10 Å². The van der Waals surface area contributed by atoms with Crippen LogP contribution in [-0.2, 0) is 17.8 Å². The molecule has 0 aliphatic carbocycles. The van der Waals surface area contributed by atoms with E-state index in [1.807, 2.05) is 61.5 Å². The number of rotatable bonds is 6. The van der Waals surface area contributed by atoms with Crippen molar-refractivity contribution in [2.45, 2.75) is 26.3 Å². The molecule has 0 bridgehead atoms. The third-order valence-corrected chi connectivity index (χ3v) is 5.00. The highest BCUT2D eigenvalue weighted by atomic mass is 16.1. The highest BCUT2D eigenvalue weighted by Crippen LogP contribution is 2.22. The lowest BCUT2D eigenvalue weighted by Crippen LogP contribution is -2.31. The number of carbonyl (C=O) groups excluding carboxylic acids is 1. The van der Waals surface area contributed by atoms with Gasteiger partial charge in [-0.3, -0.25) is 14.7 Å². The van der Waals surface area contributed by atoms with E-state index in [-0.39, 0.29) is 11.5 Å². The Balaban J connectivity index is 1.50. The van der Waals surface area contributed by atoms with Gasteiger partial charge in [0.15, 0.2) is 0 Å². The van der Waals surface area contributed by atoms with Gasteiger partial charge in [-0.25, -0.2) is 0 Å². The van der Waals surface area contributed by atoms with Crippen LogP contribution in [-0.4, -0.2) is 27.2 Å². The van der Waals surface area contributed by atoms with Crippen molar-refractivity contribution in [1.29, 1.82) is 0 Å².